The van der Waals surface area contributed by atoms with Crippen LogP contribution in [0.25, 0.3) is 0 Å². The average Bonchev–Trinajstić information content (AvgIpc) is 1.91. The molecule has 0 N–H and O–H groups in total. The topological polar surface area (TPSA) is 12.5 Å². The van der Waals surface area contributed by atoms with Gasteiger partial charge in [-0.1, -0.05) is 6.08 Å². The van der Waals surface area contributed by atoms with Crippen LogP contribution >= 0.6 is 0 Å². The molecule has 1 saturated heterocycles. The lowest BCUT2D eigenvalue weighted by Crippen LogP contribution is -2.33. The molecule has 0 aliphatic carbocycles. The molecule has 1 aliphatic rings. The van der Waals surface area contributed by atoms with Gasteiger partial charge < -0.3 is 4.74 Å². The van der Waals surface area contributed by atoms with Crippen LogP contribution in [0.15, 0.2) is 12.7 Å². The fourth-order valence-corrected chi connectivity index (χ4v) is 0.876. The van der Waals surface area contributed by atoms with E-state index in [0.29, 0.717) is 0 Å². The summed E-state index contributed by atoms with van der Waals surface area (Å²) in [6, 6.07) is 0. The van der Waals surface area contributed by atoms with Gasteiger partial charge in [0.25, 0.3) is 0 Å². The summed E-state index contributed by atoms with van der Waals surface area (Å²) in [5.41, 5.74) is 0. The monoisotopic (exact) mass is 128 g/mol. The van der Waals surface area contributed by atoms with Crippen molar-refractivity contribution in [3.05, 3.63) is 19.2 Å². The van der Waals surface area contributed by atoms with Crippen LogP contribution in [0.3, 0.4) is 0 Å². The van der Waals surface area contributed by atoms with E-state index in [1.165, 1.54) is 0 Å². The lowest BCUT2D eigenvalue weighted by Gasteiger charge is -2.24. The number of ether oxygens (including phenoxy) is 1. The van der Waals surface area contributed by atoms with E-state index in [1.807, 2.05) is 12.6 Å². The second-order valence-corrected chi connectivity index (χ2v) is 2.03. The average molecular weight is 128 g/mol. The highest BCUT2D eigenvalue weighted by molar-refractivity contribution is 4.87. The van der Waals surface area contributed by atoms with Crippen molar-refractivity contribution in [3.8, 4) is 0 Å². The molecule has 1 radical (unpaired) electrons. The van der Waals surface area contributed by atoms with Gasteiger partial charge in [0, 0.05) is 19.6 Å². The summed E-state index contributed by atoms with van der Waals surface area (Å²) in [5.74, 6) is 0. The minimum atomic E-state index is 0.852. The van der Waals surface area contributed by atoms with Gasteiger partial charge in [0.1, 0.15) is 0 Å². The van der Waals surface area contributed by atoms with Gasteiger partial charge in [0.05, 0.1) is 13.2 Å². The Bertz CT molecular complexity index is 86.9. The molecular weight excluding hydrogens is 116 g/mol. The van der Waals surface area contributed by atoms with E-state index in [9.17, 15) is 0 Å². The van der Waals surface area contributed by atoms with Crippen LogP contribution in [0.2, 0.25) is 0 Å². The summed E-state index contributed by atoms with van der Waals surface area (Å²) in [6.45, 7) is 9.33. The van der Waals surface area contributed by atoms with Gasteiger partial charge >= 0.3 is 0 Å². The summed E-state index contributed by atoms with van der Waals surface area (Å²) >= 11 is 0. The van der Waals surface area contributed by atoms with Crippen LogP contribution in [0.1, 0.15) is 0 Å². The first-order chi connectivity index (χ1) is 4.43. The first-order valence-electron chi connectivity index (χ1n) is 3.21. The van der Waals surface area contributed by atoms with Crippen LogP contribution in [0.4, 0.5) is 0 Å². The summed E-state index contributed by atoms with van der Waals surface area (Å²) in [7, 11) is 0. The summed E-state index contributed by atoms with van der Waals surface area (Å²) < 4.78 is 5.15. The molecule has 1 rings (SSSR count). The van der Waals surface area contributed by atoms with Gasteiger partial charge in [-0.3, -0.25) is 4.90 Å². The van der Waals surface area contributed by atoms with Crippen molar-refractivity contribution in [3.63, 3.8) is 0 Å². The molecule has 0 saturated carbocycles. The van der Waals surface area contributed by atoms with Crippen molar-refractivity contribution < 1.29 is 4.74 Å². The molecule has 0 aromatic carbocycles. The Morgan fingerprint density at radius 2 is 2.56 bits per heavy atom. The normalized spacial score (nSPS) is 21.8. The zero-order chi connectivity index (χ0) is 6.53. The van der Waals surface area contributed by atoms with Crippen LogP contribution in [-0.4, -0.2) is 31.2 Å². The number of hydrogen-bond donors (Lipinski definition) is 0. The molecule has 2 nitrogen and oxygen atoms in total. The first kappa shape index (κ1) is 6.78. The van der Waals surface area contributed by atoms with Crippen molar-refractivity contribution in [1.29, 1.82) is 0 Å². The third-order valence-electron chi connectivity index (χ3n) is 1.36. The quantitative estimate of drug-likeness (QED) is 0.542. The highest BCUT2D eigenvalue weighted by Crippen LogP contribution is 1.98. The molecule has 0 spiro atoms. The Hall–Kier alpha value is -0.340. The largest absolute Gasteiger partial charge is 0.379 e. The molecule has 0 unspecified atom stereocenters. The minimum absolute atomic E-state index is 0.852. The Morgan fingerprint density at radius 3 is 3.11 bits per heavy atom. The van der Waals surface area contributed by atoms with Gasteiger partial charge in [-0.25, -0.2) is 0 Å². The van der Waals surface area contributed by atoms with Crippen LogP contribution in [0, 0.1) is 6.54 Å². The van der Waals surface area contributed by atoms with Gasteiger partial charge in [-0.05, 0) is 0 Å². The van der Waals surface area contributed by atoms with E-state index >= 15 is 0 Å². The van der Waals surface area contributed by atoms with Crippen LogP contribution < -0.4 is 0 Å². The summed E-state index contributed by atoms with van der Waals surface area (Å²) in [4.78, 5) is 2.20. The van der Waals surface area contributed by atoms with E-state index in [1.54, 1.807) is 0 Å². The molecule has 1 aliphatic heterocycles. The number of hydrogen-bond acceptors (Lipinski definition) is 2. The molecule has 9 heavy (non-hydrogen) atoms. The number of morpholine rings is 1. The van der Waals surface area contributed by atoms with Crippen LogP contribution in [0.5, 0.6) is 0 Å². The summed E-state index contributed by atoms with van der Waals surface area (Å²) in [6.07, 6.45) is 1.81. The third-order valence-corrected chi connectivity index (χ3v) is 1.36. The van der Waals surface area contributed by atoms with Gasteiger partial charge in [0.2, 0.25) is 0 Å². The van der Waals surface area contributed by atoms with Crippen molar-refractivity contribution in [2.75, 3.05) is 26.3 Å². The van der Waals surface area contributed by atoms with Crippen molar-refractivity contribution >= 4 is 0 Å². The second kappa shape index (κ2) is 3.64. The molecule has 0 aromatic heterocycles. The van der Waals surface area contributed by atoms with Gasteiger partial charge in [0.15, 0.2) is 0 Å². The molecular formula is C7H12NO. The van der Waals surface area contributed by atoms with Gasteiger partial charge in [-0.15, -0.1) is 6.58 Å². The SMILES string of the molecule is C=C[CH]N1CCO[14CH2]C1. The van der Waals surface area contributed by atoms with E-state index < -0.39 is 0 Å². The van der Waals surface area contributed by atoms with E-state index in [-0.39, 0.29) is 0 Å². The highest BCUT2D eigenvalue weighted by atomic mass is 16.6. The molecule has 0 atom stereocenters. The zero-order valence-corrected chi connectivity index (χ0v) is 5.55. The lowest BCUT2D eigenvalue weighted by molar-refractivity contribution is 0.0537. The molecule has 2 heteroatoms. The predicted octanol–water partition coefficient (Wildman–Crippen LogP) is 0.666. The Kier molecular flexibility index (Phi) is 2.74. The fourth-order valence-electron chi connectivity index (χ4n) is 0.876. The Morgan fingerprint density at radius 1 is 1.67 bits per heavy atom. The van der Waals surface area contributed by atoms with Gasteiger partial charge in [-0.2, -0.15) is 0 Å². The van der Waals surface area contributed by atoms with Crippen molar-refractivity contribution in [1.82, 2.24) is 4.90 Å². The maximum atomic E-state index is 5.15. The predicted molar refractivity (Wildman–Crippen MR) is 36.9 cm³/mol. The highest BCUT2D eigenvalue weighted by Gasteiger charge is 2.07. The maximum Gasteiger partial charge on any atom is 0.0594 e. The molecule has 1 heterocycles. The van der Waals surface area contributed by atoms with E-state index in [0.717, 1.165) is 26.3 Å². The van der Waals surface area contributed by atoms with E-state index in [2.05, 4.69) is 11.5 Å². The van der Waals surface area contributed by atoms with Crippen molar-refractivity contribution in [2.45, 2.75) is 0 Å². The molecule has 51 valence electrons. The first-order valence-corrected chi connectivity index (χ1v) is 3.21. The third kappa shape index (κ3) is 2.16. The fraction of sp³-hybridized carbons (Fsp3) is 0.571. The Balaban J connectivity index is 2.15. The molecule has 1 fully saturated rings. The lowest BCUT2D eigenvalue weighted by atomic mass is 10.5. The zero-order valence-electron chi connectivity index (χ0n) is 5.55. The Labute approximate surface area is 56.1 Å². The number of nitrogens with zero attached hydrogens (tertiary/aromatic N) is 1. The van der Waals surface area contributed by atoms with E-state index in [4.69, 9.17) is 4.74 Å². The molecule has 0 aromatic rings. The van der Waals surface area contributed by atoms with Crippen molar-refractivity contribution in [2.24, 2.45) is 0 Å². The van der Waals surface area contributed by atoms with Crippen LogP contribution in [-0.2, 0) is 4.74 Å². The number of rotatable bonds is 2. The second-order valence-electron chi connectivity index (χ2n) is 2.03. The smallest absolute Gasteiger partial charge is 0.0594 e. The minimum Gasteiger partial charge on any atom is -0.379 e. The molecule has 0 amide bonds. The standard InChI is InChI=1S/C7H12NO/c1-2-3-8-4-6-9-7-5-8/h2-3H,1,4-7H2/i6+2. The summed E-state index contributed by atoms with van der Waals surface area (Å²) in [5, 5.41) is 0. The maximum absolute atomic E-state index is 5.15. The molecule has 0 bridgehead atoms.